The molecule has 1 atom stereocenters. The van der Waals surface area contributed by atoms with E-state index in [0.29, 0.717) is 28.0 Å². The average molecular weight is 386 g/mol. The first-order valence-electron chi connectivity index (χ1n) is 8.27. The molecular weight excluding hydrogens is 367 g/mol. The van der Waals surface area contributed by atoms with Gasteiger partial charge in [-0.05, 0) is 43.7 Å². The van der Waals surface area contributed by atoms with Crippen LogP contribution in [0.5, 0.6) is 5.75 Å². The molecule has 1 amide bonds. The van der Waals surface area contributed by atoms with Crippen molar-refractivity contribution in [1.29, 1.82) is 0 Å². The van der Waals surface area contributed by atoms with Crippen molar-refractivity contribution in [2.24, 2.45) is 0 Å². The minimum Gasteiger partial charge on any atom is -0.495 e. The van der Waals surface area contributed by atoms with E-state index >= 15 is 0 Å². The number of anilines is 1. The van der Waals surface area contributed by atoms with Gasteiger partial charge in [-0.15, -0.1) is 5.10 Å². The number of aryl methyl sites for hydroxylation is 1. The number of nitrogens with one attached hydrogen (secondary N) is 2. The maximum Gasteiger partial charge on any atom is 0.237 e. The SMILES string of the molecule is COc1ccc(C)cc1NC(=O)[C@@H](C)Sc1n[nH]c(-c2ccccc2F)n1. The maximum absolute atomic E-state index is 13.9. The van der Waals surface area contributed by atoms with Gasteiger partial charge in [0.25, 0.3) is 0 Å². The molecule has 0 aliphatic rings. The third-order valence-corrected chi connectivity index (χ3v) is 4.82. The molecule has 27 heavy (non-hydrogen) atoms. The summed E-state index contributed by atoms with van der Waals surface area (Å²) in [6.45, 7) is 3.69. The van der Waals surface area contributed by atoms with Crippen molar-refractivity contribution in [1.82, 2.24) is 15.2 Å². The average Bonchev–Trinajstić information content (AvgIpc) is 3.10. The Hall–Kier alpha value is -2.87. The lowest BCUT2D eigenvalue weighted by Crippen LogP contribution is -2.22. The van der Waals surface area contributed by atoms with E-state index < -0.39 is 5.25 Å². The highest BCUT2D eigenvalue weighted by Crippen LogP contribution is 2.28. The summed E-state index contributed by atoms with van der Waals surface area (Å²) in [4.78, 5) is 16.8. The van der Waals surface area contributed by atoms with Crippen molar-refractivity contribution in [3.63, 3.8) is 0 Å². The van der Waals surface area contributed by atoms with E-state index in [9.17, 15) is 9.18 Å². The summed E-state index contributed by atoms with van der Waals surface area (Å²) in [6, 6.07) is 11.9. The molecule has 0 spiro atoms. The second-order valence-electron chi connectivity index (χ2n) is 5.90. The van der Waals surface area contributed by atoms with Crippen molar-refractivity contribution in [2.75, 3.05) is 12.4 Å². The molecule has 0 aliphatic heterocycles. The maximum atomic E-state index is 13.9. The number of amides is 1. The van der Waals surface area contributed by atoms with Crippen LogP contribution < -0.4 is 10.1 Å². The van der Waals surface area contributed by atoms with Crippen LogP contribution in [0.1, 0.15) is 12.5 Å². The molecule has 3 aromatic rings. The topological polar surface area (TPSA) is 79.9 Å². The largest absolute Gasteiger partial charge is 0.495 e. The van der Waals surface area contributed by atoms with Crippen LogP contribution in [0.15, 0.2) is 47.6 Å². The second kappa shape index (κ2) is 8.22. The first kappa shape index (κ1) is 18.9. The summed E-state index contributed by atoms with van der Waals surface area (Å²) < 4.78 is 19.1. The van der Waals surface area contributed by atoms with E-state index in [4.69, 9.17) is 4.74 Å². The first-order valence-corrected chi connectivity index (χ1v) is 9.15. The highest BCUT2D eigenvalue weighted by molar-refractivity contribution is 8.00. The molecule has 0 aliphatic carbocycles. The highest BCUT2D eigenvalue weighted by atomic mass is 32.2. The minimum absolute atomic E-state index is 0.207. The van der Waals surface area contributed by atoms with Gasteiger partial charge < -0.3 is 10.1 Å². The standard InChI is InChI=1S/C19H19FN4O2S/c1-11-8-9-16(26-3)15(10-11)21-18(25)12(2)27-19-22-17(23-24-19)13-6-4-5-7-14(13)20/h4-10,12H,1-3H3,(H,21,25)(H,22,23,24)/t12-/m1/s1. The number of halogens is 1. The lowest BCUT2D eigenvalue weighted by Gasteiger charge is -2.13. The van der Waals surface area contributed by atoms with Gasteiger partial charge in [-0.1, -0.05) is 30.0 Å². The van der Waals surface area contributed by atoms with Gasteiger partial charge >= 0.3 is 0 Å². The lowest BCUT2D eigenvalue weighted by molar-refractivity contribution is -0.115. The van der Waals surface area contributed by atoms with Gasteiger partial charge in [0.15, 0.2) is 5.82 Å². The van der Waals surface area contributed by atoms with Crippen molar-refractivity contribution < 1.29 is 13.9 Å². The Labute approximate surface area is 160 Å². The predicted molar refractivity (Wildman–Crippen MR) is 103 cm³/mol. The van der Waals surface area contributed by atoms with E-state index in [0.717, 1.165) is 5.56 Å². The molecule has 0 saturated heterocycles. The number of aromatic nitrogens is 3. The molecule has 0 bridgehead atoms. The number of hydrogen-bond acceptors (Lipinski definition) is 5. The second-order valence-corrected chi connectivity index (χ2v) is 7.21. The number of hydrogen-bond donors (Lipinski definition) is 2. The van der Waals surface area contributed by atoms with Gasteiger partial charge in [-0.2, -0.15) is 0 Å². The third kappa shape index (κ3) is 4.46. The van der Waals surface area contributed by atoms with Crippen LogP contribution in [0.4, 0.5) is 10.1 Å². The Kier molecular flexibility index (Phi) is 5.75. The van der Waals surface area contributed by atoms with Crippen LogP contribution in [0.3, 0.4) is 0 Å². The molecule has 2 aromatic carbocycles. The molecule has 0 fully saturated rings. The smallest absolute Gasteiger partial charge is 0.237 e. The number of benzene rings is 2. The van der Waals surface area contributed by atoms with E-state index in [2.05, 4.69) is 20.5 Å². The van der Waals surface area contributed by atoms with Gasteiger partial charge in [0, 0.05) is 0 Å². The summed E-state index contributed by atoms with van der Waals surface area (Å²) in [5.74, 6) is 0.318. The molecule has 140 valence electrons. The van der Waals surface area contributed by atoms with Crippen LogP contribution >= 0.6 is 11.8 Å². The van der Waals surface area contributed by atoms with Crippen molar-refractivity contribution in [2.45, 2.75) is 24.3 Å². The Morgan fingerprint density at radius 1 is 1.30 bits per heavy atom. The summed E-state index contributed by atoms with van der Waals surface area (Å²) in [6.07, 6.45) is 0. The summed E-state index contributed by atoms with van der Waals surface area (Å²) >= 11 is 1.18. The fourth-order valence-electron chi connectivity index (χ4n) is 2.44. The Balaban J connectivity index is 1.69. The van der Waals surface area contributed by atoms with Crippen LogP contribution in [0.2, 0.25) is 0 Å². The predicted octanol–water partition coefficient (Wildman–Crippen LogP) is 4.05. The van der Waals surface area contributed by atoms with Crippen molar-refractivity contribution in [3.05, 3.63) is 53.8 Å². The van der Waals surface area contributed by atoms with E-state index in [1.807, 2.05) is 19.1 Å². The molecule has 6 nitrogen and oxygen atoms in total. The highest BCUT2D eigenvalue weighted by Gasteiger charge is 2.19. The van der Waals surface area contributed by atoms with Crippen LogP contribution in [-0.4, -0.2) is 33.4 Å². The van der Waals surface area contributed by atoms with Crippen LogP contribution in [0.25, 0.3) is 11.4 Å². The monoisotopic (exact) mass is 386 g/mol. The van der Waals surface area contributed by atoms with Crippen LogP contribution in [-0.2, 0) is 4.79 Å². The quantitative estimate of drug-likeness (QED) is 0.625. The first-order chi connectivity index (χ1) is 13.0. The van der Waals surface area contributed by atoms with Gasteiger partial charge in [-0.25, -0.2) is 9.37 Å². The van der Waals surface area contributed by atoms with Gasteiger partial charge in [0.1, 0.15) is 11.6 Å². The number of aromatic amines is 1. The van der Waals surface area contributed by atoms with E-state index in [-0.39, 0.29) is 11.7 Å². The summed E-state index contributed by atoms with van der Waals surface area (Å²) in [5, 5.41) is 9.54. The van der Waals surface area contributed by atoms with Crippen molar-refractivity contribution >= 4 is 23.4 Å². The van der Waals surface area contributed by atoms with Crippen LogP contribution in [0, 0.1) is 12.7 Å². The number of methoxy groups -OCH3 is 1. The number of H-pyrrole nitrogens is 1. The molecular formula is C19H19FN4O2S. The molecule has 3 rings (SSSR count). The number of rotatable bonds is 6. The number of carbonyl (C=O) groups is 1. The Bertz CT molecular complexity index is 960. The number of ether oxygens (including phenoxy) is 1. The fraction of sp³-hybridized carbons (Fsp3) is 0.211. The summed E-state index contributed by atoms with van der Waals surface area (Å²) in [5.41, 5.74) is 1.95. The van der Waals surface area contributed by atoms with E-state index in [1.54, 1.807) is 38.3 Å². The summed E-state index contributed by atoms with van der Waals surface area (Å²) in [7, 11) is 1.55. The van der Waals surface area contributed by atoms with Crippen molar-refractivity contribution in [3.8, 4) is 17.1 Å². The molecule has 0 unspecified atom stereocenters. The zero-order valence-electron chi connectivity index (χ0n) is 15.1. The van der Waals surface area contributed by atoms with E-state index in [1.165, 1.54) is 17.8 Å². The lowest BCUT2D eigenvalue weighted by atomic mass is 10.2. The molecule has 2 N–H and O–H groups in total. The minimum atomic E-state index is -0.459. The Morgan fingerprint density at radius 2 is 2.07 bits per heavy atom. The normalized spacial score (nSPS) is 11.9. The van der Waals surface area contributed by atoms with Gasteiger partial charge in [-0.3, -0.25) is 9.89 Å². The molecule has 0 radical (unpaired) electrons. The molecule has 1 heterocycles. The third-order valence-electron chi connectivity index (χ3n) is 3.86. The fourth-order valence-corrected chi connectivity index (χ4v) is 3.16. The molecule has 0 saturated carbocycles. The van der Waals surface area contributed by atoms with Gasteiger partial charge in [0.2, 0.25) is 11.1 Å². The number of carbonyl (C=O) groups excluding carboxylic acids is 1. The molecule has 1 aromatic heterocycles. The number of nitrogens with zero attached hydrogens (tertiary/aromatic N) is 2. The zero-order valence-corrected chi connectivity index (χ0v) is 15.9. The zero-order chi connectivity index (χ0) is 19.4. The van der Waals surface area contributed by atoms with Gasteiger partial charge in [0.05, 0.1) is 23.6 Å². The molecule has 8 heteroatoms. The number of thioether (sulfide) groups is 1. The Morgan fingerprint density at radius 3 is 2.81 bits per heavy atom.